The van der Waals surface area contributed by atoms with Gasteiger partial charge in [0.1, 0.15) is 5.82 Å². The minimum atomic E-state index is -0.515. The van der Waals surface area contributed by atoms with Crippen molar-refractivity contribution >= 4 is 17.4 Å². The average molecular weight is 236 g/mol. The summed E-state index contributed by atoms with van der Waals surface area (Å²) in [6, 6.07) is 1.73. The Hall–Kier alpha value is -1.82. The van der Waals surface area contributed by atoms with Gasteiger partial charge in [-0.3, -0.25) is 4.79 Å². The number of ether oxygens (including phenoxy) is 1. The van der Waals surface area contributed by atoms with E-state index in [1.807, 2.05) is 11.8 Å². The number of primary amides is 1. The van der Waals surface area contributed by atoms with Gasteiger partial charge in [0.05, 0.1) is 36.7 Å². The summed E-state index contributed by atoms with van der Waals surface area (Å²) in [6.07, 6.45) is 1.53. The number of anilines is 2. The van der Waals surface area contributed by atoms with Gasteiger partial charge in [-0.25, -0.2) is 4.98 Å². The van der Waals surface area contributed by atoms with Gasteiger partial charge in [-0.2, -0.15) is 0 Å². The normalized spacial score (nSPS) is 20.3. The fourth-order valence-corrected chi connectivity index (χ4v) is 1.93. The third-order valence-electron chi connectivity index (χ3n) is 2.79. The molecule has 2 rings (SSSR count). The van der Waals surface area contributed by atoms with E-state index in [1.54, 1.807) is 6.07 Å². The number of morpholine rings is 1. The molecule has 6 heteroatoms. The van der Waals surface area contributed by atoms with Gasteiger partial charge >= 0.3 is 0 Å². The quantitative estimate of drug-likeness (QED) is 0.753. The third kappa shape index (κ3) is 2.31. The smallest absolute Gasteiger partial charge is 0.252 e. The maximum Gasteiger partial charge on any atom is 0.252 e. The molecule has 0 spiro atoms. The molecule has 1 aliphatic rings. The zero-order valence-corrected chi connectivity index (χ0v) is 9.72. The standard InChI is InChI=1S/C11H16N4O2/c1-7-6-17-3-2-15(7)11-9(10(13)16)4-8(12)5-14-11/h4-5,7H,2-3,6,12H2,1H3,(H2,13,16). The highest BCUT2D eigenvalue weighted by Crippen LogP contribution is 2.23. The Morgan fingerprint density at radius 2 is 2.41 bits per heavy atom. The van der Waals surface area contributed by atoms with Gasteiger partial charge < -0.3 is 21.1 Å². The Kier molecular flexibility index (Phi) is 3.14. The highest BCUT2D eigenvalue weighted by atomic mass is 16.5. The van der Waals surface area contributed by atoms with Crippen LogP contribution in [0.15, 0.2) is 12.3 Å². The van der Waals surface area contributed by atoms with Crippen LogP contribution in [0.2, 0.25) is 0 Å². The van der Waals surface area contributed by atoms with Gasteiger partial charge in [0, 0.05) is 6.54 Å². The fourth-order valence-electron chi connectivity index (χ4n) is 1.93. The number of carbonyl (C=O) groups excluding carboxylic acids is 1. The molecule has 1 atom stereocenters. The molecule has 1 aromatic rings. The molecule has 0 bridgehead atoms. The first-order chi connectivity index (χ1) is 8.09. The summed E-state index contributed by atoms with van der Waals surface area (Å²) >= 11 is 0. The van der Waals surface area contributed by atoms with Crippen LogP contribution in [0.3, 0.4) is 0 Å². The van der Waals surface area contributed by atoms with E-state index in [-0.39, 0.29) is 6.04 Å². The lowest BCUT2D eigenvalue weighted by Crippen LogP contribution is -2.45. The van der Waals surface area contributed by atoms with E-state index >= 15 is 0 Å². The number of amides is 1. The van der Waals surface area contributed by atoms with E-state index in [0.717, 1.165) is 0 Å². The molecule has 0 aliphatic carbocycles. The van der Waals surface area contributed by atoms with Gasteiger partial charge in [-0.15, -0.1) is 0 Å². The summed E-state index contributed by atoms with van der Waals surface area (Å²) in [7, 11) is 0. The molecule has 1 saturated heterocycles. The third-order valence-corrected chi connectivity index (χ3v) is 2.79. The molecular weight excluding hydrogens is 220 g/mol. The minimum absolute atomic E-state index is 0.165. The lowest BCUT2D eigenvalue weighted by atomic mass is 10.1. The molecule has 92 valence electrons. The Bertz CT molecular complexity index is 435. The van der Waals surface area contributed by atoms with Crippen LogP contribution in [-0.4, -0.2) is 36.7 Å². The second-order valence-corrected chi connectivity index (χ2v) is 4.12. The summed E-state index contributed by atoms with van der Waals surface area (Å²) < 4.78 is 5.35. The number of nitrogens with zero attached hydrogens (tertiary/aromatic N) is 2. The van der Waals surface area contributed by atoms with E-state index in [2.05, 4.69) is 4.98 Å². The van der Waals surface area contributed by atoms with Crippen molar-refractivity contribution in [2.24, 2.45) is 5.73 Å². The lowest BCUT2D eigenvalue weighted by Gasteiger charge is -2.35. The maximum atomic E-state index is 11.4. The van der Waals surface area contributed by atoms with Crippen LogP contribution < -0.4 is 16.4 Å². The number of pyridine rings is 1. The molecular formula is C11H16N4O2. The minimum Gasteiger partial charge on any atom is -0.397 e. The van der Waals surface area contributed by atoms with Crippen molar-refractivity contribution in [3.63, 3.8) is 0 Å². The van der Waals surface area contributed by atoms with Crippen molar-refractivity contribution in [2.75, 3.05) is 30.4 Å². The summed E-state index contributed by atoms with van der Waals surface area (Å²) in [5.74, 6) is 0.0704. The van der Waals surface area contributed by atoms with E-state index in [9.17, 15) is 4.79 Å². The monoisotopic (exact) mass is 236 g/mol. The Morgan fingerprint density at radius 1 is 1.65 bits per heavy atom. The van der Waals surface area contributed by atoms with E-state index in [4.69, 9.17) is 16.2 Å². The van der Waals surface area contributed by atoms with Crippen molar-refractivity contribution in [1.29, 1.82) is 0 Å². The summed E-state index contributed by atoms with van der Waals surface area (Å²) in [4.78, 5) is 17.6. The Labute approximate surface area is 99.5 Å². The zero-order valence-electron chi connectivity index (χ0n) is 9.72. The van der Waals surface area contributed by atoms with Gasteiger partial charge in [0.15, 0.2) is 0 Å². The lowest BCUT2D eigenvalue weighted by molar-refractivity contribution is 0.0965. The average Bonchev–Trinajstić information content (AvgIpc) is 2.30. The second kappa shape index (κ2) is 4.58. The molecule has 0 aromatic carbocycles. The van der Waals surface area contributed by atoms with Crippen molar-refractivity contribution < 1.29 is 9.53 Å². The number of aromatic nitrogens is 1. The van der Waals surface area contributed by atoms with Crippen LogP contribution in [0, 0.1) is 0 Å². The van der Waals surface area contributed by atoms with E-state index in [1.165, 1.54) is 6.20 Å². The number of nitrogen functional groups attached to an aromatic ring is 1. The summed E-state index contributed by atoms with van der Waals surface area (Å²) in [5.41, 5.74) is 11.8. The zero-order chi connectivity index (χ0) is 12.4. The molecule has 1 aliphatic heterocycles. The van der Waals surface area contributed by atoms with Crippen molar-refractivity contribution in [2.45, 2.75) is 13.0 Å². The van der Waals surface area contributed by atoms with Crippen molar-refractivity contribution in [3.05, 3.63) is 17.8 Å². The number of hydrogen-bond donors (Lipinski definition) is 2. The van der Waals surface area contributed by atoms with Gasteiger partial charge in [-0.1, -0.05) is 0 Å². The largest absolute Gasteiger partial charge is 0.397 e. The molecule has 2 heterocycles. The van der Waals surface area contributed by atoms with E-state index in [0.29, 0.717) is 36.8 Å². The molecule has 17 heavy (non-hydrogen) atoms. The number of nitrogens with two attached hydrogens (primary N) is 2. The second-order valence-electron chi connectivity index (χ2n) is 4.12. The van der Waals surface area contributed by atoms with Gasteiger partial charge in [0.2, 0.25) is 0 Å². The van der Waals surface area contributed by atoms with Crippen LogP contribution in [0.5, 0.6) is 0 Å². The molecule has 1 unspecified atom stereocenters. The van der Waals surface area contributed by atoms with Gasteiger partial charge in [0.25, 0.3) is 5.91 Å². The highest BCUT2D eigenvalue weighted by molar-refractivity contribution is 5.98. The first kappa shape index (κ1) is 11.7. The van der Waals surface area contributed by atoms with Crippen LogP contribution in [-0.2, 0) is 4.74 Å². The van der Waals surface area contributed by atoms with Crippen LogP contribution >= 0.6 is 0 Å². The van der Waals surface area contributed by atoms with Crippen LogP contribution in [0.4, 0.5) is 11.5 Å². The van der Waals surface area contributed by atoms with Crippen LogP contribution in [0.25, 0.3) is 0 Å². The predicted octanol–water partition coefficient (Wildman–Crippen LogP) is -0.0122. The molecule has 6 nitrogen and oxygen atoms in total. The molecule has 0 radical (unpaired) electrons. The van der Waals surface area contributed by atoms with E-state index < -0.39 is 5.91 Å². The number of rotatable bonds is 2. The Balaban J connectivity index is 2.39. The van der Waals surface area contributed by atoms with Crippen molar-refractivity contribution in [3.8, 4) is 0 Å². The summed E-state index contributed by atoms with van der Waals surface area (Å²) in [6.45, 7) is 3.94. The molecule has 0 saturated carbocycles. The first-order valence-electron chi connectivity index (χ1n) is 5.49. The van der Waals surface area contributed by atoms with Gasteiger partial charge in [-0.05, 0) is 13.0 Å². The Morgan fingerprint density at radius 3 is 3.06 bits per heavy atom. The first-order valence-corrected chi connectivity index (χ1v) is 5.49. The molecule has 4 N–H and O–H groups in total. The molecule has 1 aromatic heterocycles. The number of hydrogen-bond acceptors (Lipinski definition) is 5. The number of carbonyl (C=O) groups is 1. The molecule has 1 fully saturated rings. The van der Waals surface area contributed by atoms with Crippen molar-refractivity contribution in [1.82, 2.24) is 4.98 Å². The fraction of sp³-hybridized carbons (Fsp3) is 0.455. The van der Waals surface area contributed by atoms with Crippen LogP contribution in [0.1, 0.15) is 17.3 Å². The summed E-state index contributed by atoms with van der Waals surface area (Å²) in [5, 5.41) is 0. The SMILES string of the molecule is CC1COCCN1c1ncc(N)cc1C(N)=O. The highest BCUT2D eigenvalue weighted by Gasteiger charge is 2.24. The predicted molar refractivity (Wildman–Crippen MR) is 64.8 cm³/mol. The molecule has 1 amide bonds. The topological polar surface area (TPSA) is 94.5 Å². The maximum absolute atomic E-state index is 11.4.